The average molecular weight is 383 g/mol. The Kier molecular flexibility index (Phi) is 5.18. The molecule has 1 aliphatic carbocycles. The summed E-state index contributed by atoms with van der Waals surface area (Å²) in [6.45, 7) is 5.54. The predicted molar refractivity (Wildman–Crippen MR) is 110 cm³/mol. The van der Waals surface area contributed by atoms with Crippen molar-refractivity contribution >= 4 is 16.7 Å². The quantitative estimate of drug-likeness (QED) is 0.879. The summed E-state index contributed by atoms with van der Waals surface area (Å²) < 4.78 is 11.0. The van der Waals surface area contributed by atoms with Gasteiger partial charge in [-0.25, -0.2) is 9.97 Å². The Morgan fingerprint density at radius 3 is 2.46 bits per heavy atom. The first-order valence-electron chi connectivity index (χ1n) is 10.7. The molecule has 6 heteroatoms. The maximum Gasteiger partial charge on any atom is 0.135 e. The molecule has 150 valence electrons. The van der Waals surface area contributed by atoms with E-state index >= 15 is 0 Å². The van der Waals surface area contributed by atoms with Crippen molar-refractivity contribution in [1.82, 2.24) is 14.9 Å². The van der Waals surface area contributed by atoms with Crippen molar-refractivity contribution in [2.75, 3.05) is 45.3 Å². The zero-order valence-corrected chi connectivity index (χ0v) is 16.5. The summed E-state index contributed by atoms with van der Waals surface area (Å²) in [5.74, 6) is 2.45. The van der Waals surface area contributed by atoms with Crippen LogP contribution in [0.4, 0.5) is 5.82 Å². The largest absolute Gasteiger partial charge is 0.383 e. The van der Waals surface area contributed by atoms with Crippen LogP contribution in [-0.2, 0) is 9.47 Å². The molecule has 0 amide bonds. The van der Waals surface area contributed by atoms with Crippen LogP contribution in [0.3, 0.4) is 0 Å². The number of nitrogen functional groups attached to an aromatic ring is 1. The minimum Gasteiger partial charge on any atom is -0.383 e. The number of rotatable bonds is 3. The Labute approximate surface area is 166 Å². The maximum atomic E-state index is 6.37. The maximum absolute atomic E-state index is 6.37. The normalized spacial score (nSPS) is 29.4. The van der Waals surface area contributed by atoms with Crippen LogP contribution < -0.4 is 5.73 Å². The molecule has 1 aromatic carbocycles. The smallest absolute Gasteiger partial charge is 0.135 e. The van der Waals surface area contributed by atoms with Crippen molar-refractivity contribution in [3.05, 3.63) is 29.6 Å². The van der Waals surface area contributed by atoms with E-state index in [-0.39, 0.29) is 0 Å². The number of aromatic nitrogens is 2. The minimum absolute atomic E-state index is 0.423. The summed E-state index contributed by atoms with van der Waals surface area (Å²) in [7, 11) is 0. The van der Waals surface area contributed by atoms with E-state index in [1.54, 1.807) is 0 Å². The lowest BCUT2D eigenvalue weighted by molar-refractivity contribution is 0.00712. The van der Waals surface area contributed by atoms with Crippen LogP contribution in [-0.4, -0.2) is 60.4 Å². The zero-order valence-electron chi connectivity index (χ0n) is 16.5. The fourth-order valence-corrected chi connectivity index (χ4v) is 5.06. The number of morpholine rings is 1. The van der Waals surface area contributed by atoms with E-state index < -0.39 is 0 Å². The predicted octanol–water partition coefficient (Wildman–Crippen LogP) is 3.07. The van der Waals surface area contributed by atoms with Crippen molar-refractivity contribution < 1.29 is 9.47 Å². The molecule has 28 heavy (non-hydrogen) atoms. The van der Waals surface area contributed by atoms with Gasteiger partial charge in [0.05, 0.1) is 25.3 Å². The van der Waals surface area contributed by atoms with Crippen molar-refractivity contribution in [1.29, 1.82) is 0 Å². The number of ether oxygens (including phenoxy) is 2. The van der Waals surface area contributed by atoms with E-state index in [0.717, 1.165) is 75.5 Å². The molecule has 6 nitrogen and oxygen atoms in total. The molecule has 2 saturated heterocycles. The molecule has 1 atom stereocenters. The molecule has 3 fully saturated rings. The first-order chi connectivity index (χ1) is 13.8. The molecule has 0 radical (unpaired) electrons. The van der Waals surface area contributed by atoms with E-state index in [2.05, 4.69) is 23.1 Å². The number of benzene rings is 1. The van der Waals surface area contributed by atoms with Gasteiger partial charge < -0.3 is 15.2 Å². The van der Waals surface area contributed by atoms with Crippen LogP contribution in [0.25, 0.3) is 10.9 Å². The Morgan fingerprint density at radius 2 is 1.71 bits per heavy atom. The lowest BCUT2D eigenvalue weighted by atomic mass is 9.84. The van der Waals surface area contributed by atoms with Crippen LogP contribution in [0.1, 0.15) is 55.3 Å². The SMILES string of the molecule is Nc1nc(C2CCC(N3CCOCC3)CC2)nc2ccc([C@@H]3CCOC3)cc12. The Bertz CT molecular complexity index is 823. The second-order valence-electron chi connectivity index (χ2n) is 8.46. The number of nitrogens with two attached hydrogens (primary N) is 1. The van der Waals surface area contributed by atoms with E-state index in [1.807, 2.05) is 0 Å². The average Bonchev–Trinajstić information content (AvgIpc) is 3.29. The Morgan fingerprint density at radius 1 is 0.893 bits per heavy atom. The summed E-state index contributed by atoms with van der Waals surface area (Å²) in [6, 6.07) is 7.16. The third-order valence-corrected chi connectivity index (χ3v) is 6.79. The molecule has 1 aromatic heterocycles. The molecule has 2 aliphatic heterocycles. The Hall–Kier alpha value is -1.76. The molecule has 1 saturated carbocycles. The van der Waals surface area contributed by atoms with Gasteiger partial charge in [-0.2, -0.15) is 0 Å². The van der Waals surface area contributed by atoms with Gasteiger partial charge >= 0.3 is 0 Å². The fraction of sp³-hybridized carbons (Fsp3) is 0.636. The van der Waals surface area contributed by atoms with E-state index in [9.17, 15) is 0 Å². The Balaban J connectivity index is 1.31. The van der Waals surface area contributed by atoms with Gasteiger partial charge in [0, 0.05) is 43.0 Å². The van der Waals surface area contributed by atoms with Gasteiger partial charge in [-0.15, -0.1) is 0 Å². The van der Waals surface area contributed by atoms with E-state index in [1.165, 1.54) is 18.4 Å². The summed E-state index contributed by atoms with van der Waals surface area (Å²) in [6.07, 6.45) is 5.80. The van der Waals surface area contributed by atoms with Crippen molar-refractivity contribution in [2.45, 2.75) is 50.0 Å². The lowest BCUT2D eigenvalue weighted by Gasteiger charge is -2.38. The summed E-state index contributed by atoms with van der Waals surface area (Å²) >= 11 is 0. The van der Waals surface area contributed by atoms with Gasteiger partial charge in [0.15, 0.2) is 0 Å². The number of hydrogen-bond donors (Lipinski definition) is 1. The fourth-order valence-electron chi connectivity index (χ4n) is 5.06. The summed E-state index contributed by atoms with van der Waals surface area (Å²) in [4.78, 5) is 12.2. The highest BCUT2D eigenvalue weighted by Gasteiger charge is 2.29. The molecular formula is C22H30N4O2. The third-order valence-electron chi connectivity index (χ3n) is 6.79. The van der Waals surface area contributed by atoms with E-state index in [0.29, 0.717) is 23.7 Å². The molecule has 0 bridgehead atoms. The molecule has 2 aromatic rings. The topological polar surface area (TPSA) is 73.5 Å². The van der Waals surface area contributed by atoms with Crippen LogP contribution in [0, 0.1) is 0 Å². The molecule has 5 rings (SSSR count). The highest BCUT2D eigenvalue weighted by Crippen LogP contribution is 2.35. The molecular weight excluding hydrogens is 352 g/mol. The zero-order chi connectivity index (χ0) is 18.9. The number of anilines is 1. The molecule has 3 aliphatic rings. The van der Waals surface area contributed by atoms with Crippen molar-refractivity contribution in [3.63, 3.8) is 0 Å². The third kappa shape index (κ3) is 3.61. The van der Waals surface area contributed by atoms with Gasteiger partial charge in [-0.05, 0) is 49.8 Å². The lowest BCUT2D eigenvalue weighted by Crippen LogP contribution is -2.44. The van der Waals surface area contributed by atoms with Crippen molar-refractivity contribution in [2.24, 2.45) is 0 Å². The van der Waals surface area contributed by atoms with Gasteiger partial charge in [-0.1, -0.05) is 6.07 Å². The molecule has 0 spiro atoms. The van der Waals surface area contributed by atoms with Crippen LogP contribution in [0.15, 0.2) is 18.2 Å². The number of nitrogens with zero attached hydrogens (tertiary/aromatic N) is 3. The van der Waals surface area contributed by atoms with Crippen molar-refractivity contribution in [3.8, 4) is 0 Å². The number of hydrogen-bond acceptors (Lipinski definition) is 6. The molecule has 3 heterocycles. The standard InChI is InChI=1S/C22H30N4O2/c23-21-19-13-16(17-7-10-28-14-17)3-6-20(19)24-22(25-21)15-1-4-18(5-2-15)26-8-11-27-12-9-26/h3,6,13,15,17-18H,1-2,4-5,7-12,14H2,(H2,23,24,25)/t15?,17-,18?/m1/s1. The van der Waals surface area contributed by atoms with Crippen LogP contribution in [0.2, 0.25) is 0 Å². The second kappa shape index (κ2) is 7.93. The first-order valence-corrected chi connectivity index (χ1v) is 10.7. The summed E-state index contributed by atoms with van der Waals surface area (Å²) in [5.41, 5.74) is 8.63. The van der Waals surface area contributed by atoms with Crippen LogP contribution in [0.5, 0.6) is 0 Å². The van der Waals surface area contributed by atoms with Crippen LogP contribution >= 0.6 is 0 Å². The molecule has 2 N–H and O–H groups in total. The first kappa shape index (κ1) is 18.3. The minimum atomic E-state index is 0.423. The van der Waals surface area contributed by atoms with Gasteiger partial charge in [-0.3, -0.25) is 4.90 Å². The second-order valence-corrected chi connectivity index (χ2v) is 8.46. The van der Waals surface area contributed by atoms with Gasteiger partial charge in [0.1, 0.15) is 11.6 Å². The highest BCUT2D eigenvalue weighted by atomic mass is 16.5. The monoisotopic (exact) mass is 382 g/mol. The summed E-state index contributed by atoms with van der Waals surface area (Å²) in [5, 5.41) is 0.982. The van der Waals surface area contributed by atoms with E-state index in [4.69, 9.17) is 25.2 Å². The number of fused-ring (bicyclic) bond motifs is 1. The van der Waals surface area contributed by atoms with Gasteiger partial charge in [0.25, 0.3) is 0 Å². The van der Waals surface area contributed by atoms with Gasteiger partial charge in [0.2, 0.25) is 0 Å². The molecule has 0 unspecified atom stereocenters. The highest BCUT2D eigenvalue weighted by molar-refractivity contribution is 5.88.